The maximum absolute atomic E-state index is 4.45. The third-order valence-electron chi connectivity index (χ3n) is 3.84. The molecule has 2 atom stereocenters. The largest absolute Gasteiger partial charge is 0.261 e. The Morgan fingerprint density at radius 1 is 1.00 bits per heavy atom. The van der Waals surface area contributed by atoms with Gasteiger partial charge in [0.2, 0.25) is 0 Å². The van der Waals surface area contributed by atoms with Gasteiger partial charge in [-0.15, -0.1) is 0 Å². The fraction of sp³-hybridized carbons (Fsp3) is 0.353. The molecule has 0 saturated heterocycles. The smallest absolute Gasteiger partial charge is 0.0431 e. The Labute approximate surface area is 109 Å². The summed E-state index contributed by atoms with van der Waals surface area (Å²) in [6.45, 7) is 4.40. The van der Waals surface area contributed by atoms with Crippen LogP contribution in [-0.2, 0) is 0 Å². The second-order valence-corrected chi connectivity index (χ2v) is 5.53. The Morgan fingerprint density at radius 2 is 1.72 bits per heavy atom. The molecule has 1 nitrogen and oxygen atoms in total. The second-order valence-electron chi connectivity index (χ2n) is 5.53. The van der Waals surface area contributed by atoms with Crippen molar-refractivity contribution in [1.82, 2.24) is 4.98 Å². The molecule has 0 bridgehead atoms. The molecule has 0 amide bonds. The number of aromatic nitrogens is 1. The summed E-state index contributed by atoms with van der Waals surface area (Å²) in [5, 5.41) is 0. The number of rotatable bonds is 3. The maximum Gasteiger partial charge on any atom is 0.0431 e. The highest BCUT2D eigenvalue weighted by Crippen LogP contribution is 2.54. The molecular weight excluding hydrogens is 218 g/mol. The van der Waals surface area contributed by atoms with E-state index in [1.807, 2.05) is 6.20 Å². The van der Waals surface area contributed by atoms with Crippen LogP contribution in [0, 0.1) is 0 Å². The molecule has 18 heavy (non-hydrogen) atoms. The number of pyridine rings is 1. The molecule has 0 N–H and O–H groups in total. The number of benzene rings is 1. The number of hydrogen-bond acceptors (Lipinski definition) is 1. The molecule has 0 radical (unpaired) electrons. The van der Waals surface area contributed by atoms with Gasteiger partial charge in [-0.3, -0.25) is 4.98 Å². The number of nitrogens with zero attached hydrogens (tertiary/aromatic N) is 1. The summed E-state index contributed by atoms with van der Waals surface area (Å²) in [6.07, 6.45) is 3.25. The predicted molar refractivity (Wildman–Crippen MR) is 74.9 cm³/mol. The van der Waals surface area contributed by atoms with Crippen molar-refractivity contribution in [2.24, 2.45) is 0 Å². The van der Waals surface area contributed by atoms with Crippen molar-refractivity contribution in [3.05, 3.63) is 65.5 Å². The van der Waals surface area contributed by atoms with E-state index in [2.05, 4.69) is 61.3 Å². The van der Waals surface area contributed by atoms with Crippen LogP contribution in [-0.4, -0.2) is 4.98 Å². The molecule has 1 aromatic carbocycles. The Balaban J connectivity index is 1.80. The molecule has 1 saturated carbocycles. The molecule has 1 heterocycles. The van der Waals surface area contributed by atoms with Crippen molar-refractivity contribution in [3.63, 3.8) is 0 Å². The van der Waals surface area contributed by atoms with Crippen molar-refractivity contribution < 1.29 is 0 Å². The Morgan fingerprint density at radius 3 is 2.44 bits per heavy atom. The summed E-state index contributed by atoms with van der Waals surface area (Å²) >= 11 is 0. The molecular formula is C17H19N. The van der Waals surface area contributed by atoms with E-state index in [9.17, 15) is 0 Å². The minimum atomic E-state index is 0.513. The third-order valence-corrected chi connectivity index (χ3v) is 3.84. The van der Waals surface area contributed by atoms with E-state index in [4.69, 9.17) is 0 Å². The summed E-state index contributed by atoms with van der Waals surface area (Å²) in [5.74, 6) is 1.93. The van der Waals surface area contributed by atoms with Crippen LogP contribution in [0.15, 0.2) is 48.7 Å². The van der Waals surface area contributed by atoms with Crippen molar-refractivity contribution >= 4 is 0 Å². The molecule has 3 rings (SSSR count). The zero-order valence-electron chi connectivity index (χ0n) is 11.0. The zero-order chi connectivity index (χ0) is 12.5. The second kappa shape index (κ2) is 4.56. The molecule has 1 aromatic heterocycles. The SMILES string of the molecule is CC(C)c1cc([C@@H]2C[C@H]2c2ccccc2)ccn1. The van der Waals surface area contributed by atoms with Gasteiger partial charge in [-0.1, -0.05) is 44.2 Å². The van der Waals surface area contributed by atoms with Gasteiger partial charge in [-0.2, -0.15) is 0 Å². The third kappa shape index (κ3) is 2.17. The van der Waals surface area contributed by atoms with E-state index in [1.54, 1.807) is 0 Å². The van der Waals surface area contributed by atoms with E-state index in [0.29, 0.717) is 17.8 Å². The van der Waals surface area contributed by atoms with Gasteiger partial charge in [-0.25, -0.2) is 0 Å². The molecule has 92 valence electrons. The lowest BCUT2D eigenvalue weighted by Crippen LogP contribution is -1.94. The maximum atomic E-state index is 4.45. The Hall–Kier alpha value is -1.63. The van der Waals surface area contributed by atoms with Crippen LogP contribution in [0.2, 0.25) is 0 Å². The minimum absolute atomic E-state index is 0.513. The first-order chi connectivity index (χ1) is 8.75. The van der Waals surface area contributed by atoms with Crippen LogP contribution in [0.25, 0.3) is 0 Å². The van der Waals surface area contributed by atoms with Gasteiger partial charge in [-0.05, 0) is 47.4 Å². The monoisotopic (exact) mass is 237 g/mol. The lowest BCUT2D eigenvalue weighted by molar-refractivity contribution is 0.816. The quantitative estimate of drug-likeness (QED) is 0.767. The zero-order valence-corrected chi connectivity index (χ0v) is 11.0. The Kier molecular flexibility index (Phi) is 2.91. The van der Waals surface area contributed by atoms with Crippen LogP contribution in [0.3, 0.4) is 0 Å². The fourth-order valence-corrected chi connectivity index (χ4v) is 2.64. The average molecular weight is 237 g/mol. The molecule has 0 spiro atoms. The van der Waals surface area contributed by atoms with Crippen molar-refractivity contribution in [1.29, 1.82) is 0 Å². The topological polar surface area (TPSA) is 12.9 Å². The first-order valence-electron chi connectivity index (χ1n) is 6.76. The van der Waals surface area contributed by atoms with Gasteiger partial charge in [0, 0.05) is 11.9 Å². The van der Waals surface area contributed by atoms with Crippen molar-refractivity contribution in [2.75, 3.05) is 0 Å². The van der Waals surface area contributed by atoms with E-state index in [-0.39, 0.29) is 0 Å². The van der Waals surface area contributed by atoms with Gasteiger partial charge in [0.25, 0.3) is 0 Å². The van der Waals surface area contributed by atoms with Gasteiger partial charge in [0.15, 0.2) is 0 Å². The fourth-order valence-electron chi connectivity index (χ4n) is 2.64. The summed E-state index contributed by atoms with van der Waals surface area (Å²) in [7, 11) is 0. The van der Waals surface area contributed by atoms with Crippen LogP contribution < -0.4 is 0 Å². The highest BCUT2D eigenvalue weighted by molar-refractivity contribution is 5.36. The predicted octanol–water partition coefficient (Wildman–Crippen LogP) is 4.48. The first-order valence-corrected chi connectivity index (χ1v) is 6.76. The summed E-state index contributed by atoms with van der Waals surface area (Å²) in [6, 6.07) is 15.3. The van der Waals surface area contributed by atoms with Gasteiger partial charge < -0.3 is 0 Å². The highest BCUT2D eigenvalue weighted by Gasteiger charge is 2.39. The van der Waals surface area contributed by atoms with E-state index in [1.165, 1.54) is 23.2 Å². The van der Waals surface area contributed by atoms with Crippen molar-refractivity contribution in [3.8, 4) is 0 Å². The molecule has 1 aliphatic carbocycles. The highest BCUT2D eigenvalue weighted by atomic mass is 14.7. The molecule has 1 fully saturated rings. The first kappa shape index (κ1) is 11.5. The molecule has 1 heteroatoms. The van der Waals surface area contributed by atoms with Crippen LogP contribution >= 0.6 is 0 Å². The van der Waals surface area contributed by atoms with E-state index >= 15 is 0 Å². The van der Waals surface area contributed by atoms with Crippen LogP contribution in [0.1, 0.15) is 54.8 Å². The van der Waals surface area contributed by atoms with Crippen LogP contribution in [0.5, 0.6) is 0 Å². The van der Waals surface area contributed by atoms with Gasteiger partial charge in [0.05, 0.1) is 0 Å². The average Bonchev–Trinajstić information content (AvgIpc) is 3.20. The van der Waals surface area contributed by atoms with Crippen molar-refractivity contribution in [2.45, 2.75) is 38.0 Å². The summed E-state index contributed by atoms with van der Waals surface area (Å²) in [5.41, 5.74) is 4.15. The normalized spacial score (nSPS) is 22.2. The number of hydrogen-bond donors (Lipinski definition) is 0. The molecule has 0 aliphatic heterocycles. The standard InChI is InChI=1S/C17H19N/c1-12(2)17-10-14(8-9-18-17)16-11-15(16)13-6-4-3-5-7-13/h3-10,12,15-16H,11H2,1-2H3/t15-,16-/m0/s1. The summed E-state index contributed by atoms with van der Waals surface area (Å²) < 4.78 is 0. The van der Waals surface area contributed by atoms with E-state index < -0.39 is 0 Å². The van der Waals surface area contributed by atoms with Gasteiger partial charge >= 0.3 is 0 Å². The lowest BCUT2D eigenvalue weighted by atomic mass is 10.0. The molecule has 0 unspecified atom stereocenters. The van der Waals surface area contributed by atoms with E-state index in [0.717, 1.165) is 0 Å². The lowest BCUT2D eigenvalue weighted by Gasteiger charge is -2.07. The summed E-state index contributed by atoms with van der Waals surface area (Å²) in [4.78, 5) is 4.45. The van der Waals surface area contributed by atoms with Gasteiger partial charge in [0.1, 0.15) is 0 Å². The molecule has 2 aromatic rings. The minimum Gasteiger partial charge on any atom is -0.261 e. The molecule has 1 aliphatic rings. The van der Waals surface area contributed by atoms with Crippen LogP contribution in [0.4, 0.5) is 0 Å². The Bertz CT molecular complexity index is 530.